The molecular formula is C34H38FN7O2. The summed E-state index contributed by atoms with van der Waals surface area (Å²) in [6.45, 7) is 1.66. The Morgan fingerprint density at radius 2 is 1.20 bits per heavy atom. The summed E-state index contributed by atoms with van der Waals surface area (Å²) >= 11 is 0. The van der Waals surface area contributed by atoms with Crippen molar-refractivity contribution in [2.45, 2.75) is 62.1 Å². The molecule has 0 aliphatic carbocycles. The van der Waals surface area contributed by atoms with Gasteiger partial charge in [-0.05, 0) is 85.3 Å². The maximum atomic E-state index is 14.1. The van der Waals surface area contributed by atoms with Gasteiger partial charge >= 0.3 is 0 Å². The Morgan fingerprint density at radius 3 is 1.66 bits per heavy atom. The quantitative estimate of drug-likeness (QED) is 0.190. The number of fused-ring (bicyclic) bond motifs is 2. The number of aromatic nitrogens is 4. The molecular weight excluding hydrogens is 557 g/mol. The second kappa shape index (κ2) is 11.3. The van der Waals surface area contributed by atoms with Gasteiger partial charge in [-0.3, -0.25) is 0 Å². The van der Waals surface area contributed by atoms with Gasteiger partial charge in [0.05, 0.1) is 58.4 Å². The lowest BCUT2D eigenvalue weighted by molar-refractivity contribution is 0.117. The highest BCUT2D eigenvalue weighted by Crippen LogP contribution is 2.47. The molecule has 3 aromatic carbocycles. The third-order valence-corrected chi connectivity index (χ3v) is 9.84. The molecule has 3 fully saturated rings. The molecule has 6 atom stereocenters. The molecule has 8 rings (SSSR count). The first kappa shape index (κ1) is 27.7. The zero-order valence-electron chi connectivity index (χ0n) is 25.0. The number of rotatable bonds is 7. The number of imidazole rings is 2. The number of anilines is 1. The van der Waals surface area contributed by atoms with Crippen LogP contribution in [0.1, 0.15) is 72.6 Å². The number of nitrogens with zero attached hydrogens (tertiary/aromatic N) is 3. The second-order valence-electron chi connectivity index (χ2n) is 12.4. The van der Waals surface area contributed by atoms with Gasteiger partial charge in [0, 0.05) is 33.0 Å². The number of H-pyrrole nitrogens is 2. The van der Waals surface area contributed by atoms with Crippen LogP contribution in [-0.4, -0.2) is 59.5 Å². The normalized spacial score (nSPS) is 27.3. The zero-order valence-corrected chi connectivity index (χ0v) is 25.0. The van der Waals surface area contributed by atoms with E-state index < -0.39 is 0 Å². The highest BCUT2D eigenvalue weighted by atomic mass is 19.1. The van der Waals surface area contributed by atoms with Crippen LogP contribution in [0.4, 0.5) is 10.1 Å². The number of benzene rings is 3. The second-order valence-corrected chi connectivity index (χ2v) is 12.4. The van der Waals surface area contributed by atoms with E-state index in [1.165, 1.54) is 11.1 Å². The molecule has 0 amide bonds. The van der Waals surface area contributed by atoms with Crippen molar-refractivity contribution in [2.75, 3.05) is 32.2 Å². The Labute approximate surface area is 255 Å². The van der Waals surface area contributed by atoms with E-state index in [1.807, 2.05) is 12.1 Å². The summed E-state index contributed by atoms with van der Waals surface area (Å²) in [5, 5.41) is 7.04. The summed E-state index contributed by atoms with van der Waals surface area (Å²) in [6.07, 6.45) is 4.17. The molecule has 228 valence electrons. The first-order valence-corrected chi connectivity index (χ1v) is 15.6. The molecule has 4 N–H and O–H groups in total. The van der Waals surface area contributed by atoms with Crippen LogP contribution in [0.2, 0.25) is 0 Å². The zero-order chi connectivity index (χ0) is 29.8. The predicted molar refractivity (Wildman–Crippen MR) is 168 cm³/mol. The number of halogens is 1. The summed E-state index contributed by atoms with van der Waals surface area (Å²) in [4.78, 5) is 19.4. The van der Waals surface area contributed by atoms with Crippen molar-refractivity contribution in [3.63, 3.8) is 0 Å². The third-order valence-electron chi connectivity index (χ3n) is 9.84. The SMILES string of the molecule is CO[C@@H]1CN[C@H](c2nc3ccc([C@H]4CC[C@H](c5ccc6nc([C@@H]7C[C@H](OC)CN7)[nH]c6c5)N4c4ccc(F)cc4)cc3[nH]2)C1. The fraction of sp³-hybridized carbons (Fsp3) is 0.412. The van der Waals surface area contributed by atoms with Gasteiger partial charge in [-0.15, -0.1) is 0 Å². The van der Waals surface area contributed by atoms with Crippen LogP contribution in [0.25, 0.3) is 22.1 Å². The topological polar surface area (TPSA) is 103 Å². The minimum Gasteiger partial charge on any atom is -0.380 e. The lowest BCUT2D eigenvalue weighted by Crippen LogP contribution is -2.26. The van der Waals surface area contributed by atoms with Crippen LogP contribution in [0.15, 0.2) is 60.7 Å². The summed E-state index contributed by atoms with van der Waals surface area (Å²) < 4.78 is 25.1. The Balaban J connectivity index is 1.11. The van der Waals surface area contributed by atoms with Gasteiger partial charge in [-0.1, -0.05) is 12.1 Å². The Bertz CT molecular complexity index is 1680. The molecule has 10 heteroatoms. The number of ether oxygens (including phenoxy) is 2. The van der Waals surface area contributed by atoms with E-state index >= 15 is 0 Å². The van der Waals surface area contributed by atoms with Crippen molar-refractivity contribution in [2.24, 2.45) is 0 Å². The molecule has 3 aliphatic rings. The minimum atomic E-state index is -0.230. The fourth-order valence-electron chi connectivity index (χ4n) is 7.46. The Hall–Kier alpha value is -3.83. The number of hydrogen-bond acceptors (Lipinski definition) is 7. The van der Waals surface area contributed by atoms with E-state index in [-0.39, 0.29) is 42.2 Å². The third kappa shape index (κ3) is 4.95. The lowest BCUT2D eigenvalue weighted by atomic mass is 10.0. The molecule has 0 bridgehead atoms. The number of methoxy groups -OCH3 is 2. The van der Waals surface area contributed by atoms with E-state index in [1.54, 1.807) is 26.4 Å². The van der Waals surface area contributed by atoms with Gasteiger partial charge in [-0.25, -0.2) is 14.4 Å². The van der Waals surface area contributed by atoms with Crippen molar-refractivity contribution in [3.8, 4) is 0 Å². The van der Waals surface area contributed by atoms with Gasteiger partial charge in [-0.2, -0.15) is 0 Å². The smallest absolute Gasteiger partial charge is 0.124 e. The first-order chi connectivity index (χ1) is 21.6. The van der Waals surface area contributed by atoms with Crippen LogP contribution >= 0.6 is 0 Å². The van der Waals surface area contributed by atoms with Crippen molar-refractivity contribution in [3.05, 3.63) is 89.3 Å². The van der Waals surface area contributed by atoms with Gasteiger partial charge in [0.15, 0.2) is 0 Å². The van der Waals surface area contributed by atoms with Crippen molar-refractivity contribution < 1.29 is 13.9 Å². The minimum absolute atomic E-state index is 0.130. The molecule has 3 saturated heterocycles. The molecule has 2 aromatic heterocycles. The van der Waals surface area contributed by atoms with Crippen LogP contribution in [-0.2, 0) is 9.47 Å². The fourth-order valence-corrected chi connectivity index (χ4v) is 7.46. The molecule has 0 radical (unpaired) electrons. The molecule has 5 heterocycles. The van der Waals surface area contributed by atoms with Crippen molar-refractivity contribution >= 4 is 27.8 Å². The first-order valence-electron chi connectivity index (χ1n) is 15.6. The largest absolute Gasteiger partial charge is 0.380 e. The van der Waals surface area contributed by atoms with Gasteiger partial charge in [0.25, 0.3) is 0 Å². The summed E-state index contributed by atoms with van der Waals surface area (Å²) in [6, 6.07) is 20.6. The van der Waals surface area contributed by atoms with Crippen LogP contribution in [0, 0.1) is 5.82 Å². The number of nitrogens with one attached hydrogen (secondary N) is 4. The maximum Gasteiger partial charge on any atom is 0.124 e. The number of aromatic amines is 2. The molecule has 0 unspecified atom stereocenters. The number of hydrogen-bond donors (Lipinski definition) is 4. The van der Waals surface area contributed by atoms with Crippen molar-refractivity contribution in [1.29, 1.82) is 0 Å². The van der Waals surface area contributed by atoms with Crippen LogP contribution in [0.5, 0.6) is 0 Å². The molecule has 44 heavy (non-hydrogen) atoms. The summed E-state index contributed by atoms with van der Waals surface area (Å²) in [5.41, 5.74) is 7.44. The van der Waals surface area contributed by atoms with Crippen LogP contribution < -0.4 is 15.5 Å². The van der Waals surface area contributed by atoms with Gasteiger partial charge < -0.3 is 35.0 Å². The molecule has 3 aliphatic heterocycles. The van der Waals surface area contributed by atoms with E-state index in [0.717, 1.165) is 78.2 Å². The Morgan fingerprint density at radius 1 is 0.705 bits per heavy atom. The molecule has 0 saturated carbocycles. The predicted octanol–water partition coefficient (Wildman–Crippen LogP) is 5.76. The van der Waals surface area contributed by atoms with E-state index in [0.29, 0.717) is 0 Å². The molecule has 0 spiro atoms. The highest BCUT2D eigenvalue weighted by Gasteiger charge is 2.36. The molecule has 9 nitrogen and oxygen atoms in total. The molecule has 5 aromatic rings. The Kier molecular flexibility index (Phi) is 7.09. The van der Waals surface area contributed by atoms with E-state index in [2.05, 4.69) is 61.9 Å². The van der Waals surface area contributed by atoms with E-state index in [4.69, 9.17) is 19.4 Å². The average Bonchev–Trinajstić information content (AvgIpc) is 3.88. The summed E-state index contributed by atoms with van der Waals surface area (Å²) in [7, 11) is 3.52. The van der Waals surface area contributed by atoms with E-state index in [9.17, 15) is 4.39 Å². The standard InChI is InChI=1S/C34H38FN7O2/c1-43-23-15-29(36-17-23)33-38-25-9-3-19(13-27(25)40-33)31-11-12-32(42(31)22-7-5-21(35)6-8-22)20-4-10-26-28(14-20)41-34(39-26)30-16-24(44-2)18-37-30/h3-10,13-14,23-24,29-32,36-37H,11-12,15-18H2,1-2H3,(H,38,40)(H,39,41)/t23-,24-,29-,30-,31+,32+/m0/s1. The average molecular weight is 596 g/mol. The van der Waals surface area contributed by atoms with Crippen LogP contribution in [0.3, 0.4) is 0 Å². The maximum absolute atomic E-state index is 14.1. The lowest BCUT2D eigenvalue weighted by Gasteiger charge is -2.33. The van der Waals surface area contributed by atoms with Gasteiger partial charge in [0.2, 0.25) is 0 Å². The van der Waals surface area contributed by atoms with Crippen molar-refractivity contribution in [1.82, 2.24) is 30.6 Å². The monoisotopic (exact) mass is 595 g/mol. The summed E-state index contributed by atoms with van der Waals surface area (Å²) in [5.74, 6) is 1.68. The van der Waals surface area contributed by atoms with Gasteiger partial charge in [0.1, 0.15) is 17.5 Å². The highest BCUT2D eigenvalue weighted by molar-refractivity contribution is 5.78.